The first-order valence-corrected chi connectivity index (χ1v) is 8.70. The Bertz CT molecular complexity index is 795. The smallest absolute Gasteiger partial charge is 0.0346 e. The van der Waals surface area contributed by atoms with Crippen molar-refractivity contribution in [3.05, 3.63) is 78.1 Å². The molecule has 1 fully saturated rings. The Labute approximate surface area is 143 Å². The molecular weight excluding hydrogens is 294 g/mol. The van der Waals surface area contributed by atoms with Crippen LogP contribution in [0.2, 0.25) is 0 Å². The van der Waals surface area contributed by atoms with Crippen molar-refractivity contribution in [3.8, 4) is 0 Å². The number of piperazine rings is 1. The van der Waals surface area contributed by atoms with Crippen molar-refractivity contribution < 1.29 is 0 Å². The standard InChI is InChI=1S/C21H23N3/c1-2-5-17(6-3-1)13-20-16-24(12-11-23-20)15-19-8-4-7-18-14-22-10-9-21(18)19/h1-10,14,20,23H,11-13,15-16H2. The normalized spacial score (nSPS) is 18.8. The van der Waals surface area contributed by atoms with Crippen molar-refractivity contribution in [2.75, 3.05) is 19.6 Å². The molecule has 0 aliphatic carbocycles. The van der Waals surface area contributed by atoms with Gasteiger partial charge in [0.05, 0.1) is 0 Å². The molecule has 1 aromatic heterocycles. The van der Waals surface area contributed by atoms with Gasteiger partial charge < -0.3 is 5.32 Å². The summed E-state index contributed by atoms with van der Waals surface area (Å²) >= 11 is 0. The maximum atomic E-state index is 4.24. The number of aromatic nitrogens is 1. The number of hydrogen-bond acceptors (Lipinski definition) is 3. The van der Waals surface area contributed by atoms with E-state index < -0.39 is 0 Å². The van der Waals surface area contributed by atoms with E-state index in [0.29, 0.717) is 6.04 Å². The van der Waals surface area contributed by atoms with E-state index >= 15 is 0 Å². The molecule has 0 radical (unpaired) electrons. The van der Waals surface area contributed by atoms with Crippen LogP contribution in [0.1, 0.15) is 11.1 Å². The van der Waals surface area contributed by atoms with Gasteiger partial charge in [0.25, 0.3) is 0 Å². The van der Waals surface area contributed by atoms with Crippen molar-refractivity contribution in [1.29, 1.82) is 0 Å². The predicted molar refractivity (Wildman–Crippen MR) is 99.0 cm³/mol. The molecule has 122 valence electrons. The minimum Gasteiger partial charge on any atom is -0.311 e. The molecule has 3 nitrogen and oxygen atoms in total. The molecule has 2 heterocycles. The summed E-state index contributed by atoms with van der Waals surface area (Å²) < 4.78 is 0. The number of benzene rings is 2. The Kier molecular flexibility index (Phi) is 4.54. The third kappa shape index (κ3) is 3.48. The van der Waals surface area contributed by atoms with Crippen LogP contribution in [-0.4, -0.2) is 35.6 Å². The van der Waals surface area contributed by atoms with Gasteiger partial charge in [0.15, 0.2) is 0 Å². The molecule has 1 aliphatic rings. The second-order valence-electron chi connectivity index (χ2n) is 6.59. The van der Waals surface area contributed by atoms with Crippen LogP contribution in [0.25, 0.3) is 10.8 Å². The first kappa shape index (κ1) is 15.3. The molecule has 1 aliphatic heterocycles. The van der Waals surface area contributed by atoms with E-state index in [1.807, 2.05) is 12.4 Å². The van der Waals surface area contributed by atoms with Crippen molar-refractivity contribution in [2.24, 2.45) is 0 Å². The quantitative estimate of drug-likeness (QED) is 0.800. The number of pyridine rings is 1. The van der Waals surface area contributed by atoms with Gasteiger partial charge in [0, 0.05) is 50.0 Å². The molecule has 3 heteroatoms. The number of nitrogens with one attached hydrogen (secondary N) is 1. The highest BCUT2D eigenvalue weighted by molar-refractivity contribution is 5.84. The summed E-state index contributed by atoms with van der Waals surface area (Å²) in [5.41, 5.74) is 2.81. The van der Waals surface area contributed by atoms with Crippen LogP contribution in [0.15, 0.2) is 67.0 Å². The first-order valence-electron chi connectivity index (χ1n) is 8.70. The van der Waals surface area contributed by atoms with E-state index in [9.17, 15) is 0 Å². The van der Waals surface area contributed by atoms with Gasteiger partial charge in [-0.3, -0.25) is 9.88 Å². The number of rotatable bonds is 4. The van der Waals surface area contributed by atoms with Gasteiger partial charge in [-0.15, -0.1) is 0 Å². The SMILES string of the molecule is c1ccc(CC2CN(Cc3cccc4cnccc34)CCN2)cc1. The fraction of sp³-hybridized carbons (Fsp3) is 0.286. The van der Waals surface area contributed by atoms with E-state index in [1.165, 1.54) is 21.9 Å². The molecule has 2 aromatic carbocycles. The Morgan fingerprint density at radius 2 is 1.96 bits per heavy atom. The fourth-order valence-electron chi connectivity index (χ4n) is 3.64. The summed E-state index contributed by atoms with van der Waals surface area (Å²) in [5.74, 6) is 0. The largest absolute Gasteiger partial charge is 0.311 e. The van der Waals surface area contributed by atoms with Gasteiger partial charge in [0.1, 0.15) is 0 Å². The van der Waals surface area contributed by atoms with Gasteiger partial charge in [-0.25, -0.2) is 0 Å². The Balaban J connectivity index is 1.46. The van der Waals surface area contributed by atoms with Crippen LogP contribution in [0.4, 0.5) is 0 Å². The number of fused-ring (bicyclic) bond motifs is 1. The summed E-state index contributed by atoms with van der Waals surface area (Å²) in [6.07, 6.45) is 4.94. The van der Waals surface area contributed by atoms with E-state index in [0.717, 1.165) is 32.6 Å². The Hall–Kier alpha value is -2.23. The molecule has 1 atom stereocenters. The summed E-state index contributed by atoms with van der Waals surface area (Å²) in [6, 6.07) is 20.0. The summed E-state index contributed by atoms with van der Waals surface area (Å²) in [4.78, 5) is 6.80. The summed E-state index contributed by atoms with van der Waals surface area (Å²) in [5, 5.41) is 6.22. The van der Waals surface area contributed by atoms with Gasteiger partial charge in [-0.1, -0.05) is 48.5 Å². The van der Waals surface area contributed by atoms with Crippen LogP contribution in [-0.2, 0) is 13.0 Å². The third-order valence-corrected chi connectivity index (χ3v) is 4.83. The molecule has 0 spiro atoms. The molecule has 24 heavy (non-hydrogen) atoms. The lowest BCUT2D eigenvalue weighted by Gasteiger charge is -2.34. The average molecular weight is 317 g/mol. The van der Waals surface area contributed by atoms with E-state index in [2.05, 4.69) is 69.8 Å². The Morgan fingerprint density at radius 1 is 1.04 bits per heavy atom. The molecule has 1 saturated heterocycles. The van der Waals surface area contributed by atoms with Crippen LogP contribution >= 0.6 is 0 Å². The zero-order chi connectivity index (χ0) is 16.2. The molecule has 1 N–H and O–H groups in total. The highest BCUT2D eigenvalue weighted by atomic mass is 15.2. The number of hydrogen-bond donors (Lipinski definition) is 1. The lowest BCUT2D eigenvalue weighted by Crippen LogP contribution is -2.51. The van der Waals surface area contributed by atoms with E-state index in [4.69, 9.17) is 0 Å². The topological polar surface area (TPSA) is 28.2 Å². The van der Waals surface area contributed by atoms with Gasteiger partial charge in [-0.2, -0.15) is 0 Å². The molecule has 3 aromatic rings. The summed E-state index contributed by atoms with van der Waals surface area (Å²) in [6.45, 7) is 4.27. The van der Waals surface area contributed by atoms with Crippen LogP contribution in [0.5, 0.6) is 0 Å². The van der Waals surface area contributed by atoms with Gasteiger partial charge in [0.2, 0.25) is 0 Å². The molecule has 0 bridgehead atoms. The number of nitrogens with zero attached hydrogens (tertiary/aromatic N) is 2. The Morgan fingerprint density at radius 3 is 2.88 bits per heavy atom. The van der Waals surface area contributed by atoms with E-state index in [-0.39, 0.29) is 0 Å². The summed E-state index contributed by atoms with van der Waals surface area (Å²) in [7, 11) is 0. The highest BCUT2D eigenvalue weighted by Crippen LogP contribution is 2.20. The fourth-order valence-corrected chi connectivity index (χ4v) is 3.64. The van der Waals surface area contributed by atoms with Crippen molar-refractivity contribution >= 4 is 10.8 Å². The van der Waals surface area contributed by atoms with Crippen molar-refractivity contribution in [3.63, 3.8) is 0 Å². The zero-order valence-electron chi connectivity index (χ0n) is 13.9. The first-order chi connectivity index (χ1) is 11.9. The van der Waals surface area contributed by atoms with Gasteiger partial charge >= 0.3 is 0 Å². The molecule has 4 rings (SSSR count). The highest BCUT2D eigenvalue weighted by Gasteiger charge is 2.20. The van der Waals surface area contributed by atoms with Crippen LogP contribution in [0.3, 0.4) is 0 Å². The predicted octanol–water partition coefficient (Wildman–Crippen LogP) is 3.25. The zero-order valence-corrected chi connectivity index (χ0v) is 13.9. The van der Waals surface area contributed by atoms with Crippen LogP contribution in [0, 0.1) is 0 Å². The van der Waals surface area contributed by atoms with Crippen molar-refractivity contribution in [1.82, 2.24) is 15.2 Å². The molecular formula is C21H23N3. The van der Waals surface area contributed by atoms with Crippen molar-refractivity contribution in [2.45, 2.75) is 19.0 Å². The van der Waals surface area contributed by atoms with E-state index in [1.54, 1.807) is 0 Å². The van der Waals surface area contributed by atoms with Gasteiger partial charge in [-0.05, 0) is 29.0 Å². The maximum Gasteiger partial charge on any atom is 0.0346 e. The minimum atomic E-state index is 0.526. The lowest BCUT2D eigenvalue weighted by molar-refractivity contribution is 0.192. The maximum absolute atomic E-state index is 4.24. The second kappa shape index (κ2) is 7.12. The third-order valence-electron chi connectivity index (χ3n) is 4.83. The lowest BCUT2D eigenvalue weighted by atomic mass is 10.0. The monoisotopic (exact) mass is 317 g/mol. The molecule has 0 amide bonds. The second-order valence-corrected chi connectivity index (χ2v) is 6.59. The molecule has 0 saturated carbocycles. The average Bonchev–Trinajstić information content (AvgIpc) is 2.63. The van der Waals surface area contributed by atoms with Crippen LogP contribution < -0.4 is 5.32 Å². The molecule has 1 unspecified atom stereocenters. The minimum absolute atomic E-state index is 0.526.